The van der Waals surface area contributed by atoms with Crippen molar-refractivity contribution in [3.8, 4) is 34.2 Å². The van der Waals surface area contributed by atoms with Crippen LogP contribution < -0.4 is 0 Å². The van der Waals surface area contributed by atoms with Crippen molar-refractivity contribution in [2.75, 3.05) is 19.6 Å². The number of piperidine rings is 1. The van der Waals surface area contributed by atoms with Gasteiger partial charge in [0.25, 0.3) is 5.89 Å². The first-order chi connectivity index (χ1) is 17.0. The third kappa shape index (κ3) is 5.12. The van der Waals surface area contributed by atoms with Gasteiger partial charge in [-0.1, -0.05) is 59.2 Å². The number of aliphatic carboxylic acids is 1. The Hall–Kier alpha value is -3.53. The molecule has 0 amide bonds. The molecular formula is C25H24ClN5O4. The number of rotatable bonds is 7. The van der Waals surface area contributed by atoms with Crippen LogP contribution in [0.25, 0.3) is 34.2 Å². The van der Waals surface area contributed by atoms with Gasteiger partial charge in [-0.25, -0.2) is 0 Å². The monoisotopic (exact) mass is 493 g/mol. The molecule has 5 rings (SSSR count). The van der Waals surface area contributed by atoms with Crippen LogP contribution in [0.15, 0.2) is 59.1 Å². The molecule has 4 aromatic rings. The highest BCUT2D eigenvalue weighted by Crippen LogP contribution is 2.29. The molecule has 3 heterocycles. The number of H-pyrrole nitrogens is 1. The van der Waals surface area contributed by atoms with Gasteiger partial charge in [0.15, 0.2) is 0 Å². The summed E-state index contributed by atoms with van der Waals surface area (Å²) in [6.45, 7) is 1.64. The number of aromatic nitrogens is 4. The van der Waals surface area contributed by atoms with Gasteiger partial charge in [-0.3, -0.25) is 14.8 Å². The fraction of sp³-hybridized carbons (Fsp3) is 0.280. The summed E-state index contributed by atoms with van der Waals surface area (Å²) in [5.41, 5.74) is 3.53. The molecule has 0 saturated carbocycles. The molecule has 9 nitrogen and oxygen atoms in total. The molecule has 10 heteroatoms. The molecule has 1 saturated heterocycles. The summed E-state index contributed by atoms with van der Waals surface area (Å²) in [4.78, 5) is 17.8. The van der Waals surface area contributed by atoms with E-state index in [0.29, 0.717) is 47.6 Å². The third-order valence-corrected chi connectivity index (χ3v) is 6.55. The van der Waals surface area contributed by atoms with E-state index >= 15 is 0 Å². The van der Waals surface area contributed by atoms with Gasteiger partial charge in [-0.2, -0.15) is 10.1 Å². The van der Waals surface area contributed by atoms with Crippen molar-refractivity contribution in [2.45, 2.75) is 18.9 Å². The van der Waals surface area contributed by atoms with Crippen LogP contribution in [0.2, 0.25) is 5.02 Å². The minimum absolute atomic E-state index is 0.299. The lowest BCUT2D eigenvalue weighted by Gasteiger charge is -2.32. The molecule has 2 aromatic carbocycles. The van der Waals surface area contributed by atoms with Gasteiger partial charge >= 0.3 is 5.97 Å². The second-order valence-electron chi connectivity index (χ2n) is 8.64. The Morgan fingerprint density at radius 1 is 1.23 bits per heavy atom. The highest BCUT2D eigenvalue weighted by Gasteiger charge is 2.26. The van der Waals surface area contributed by atoms with Gasteiger partial charge in [0.1, 0.15) is 5.69 Å². The van der Waals surface area contributed by atoms with Gasteiger partial charge in [0.05, 0.1) is 22.7 Å². The molecule has 0 spiro atoms. The number of nitrogens with one attached hydrogen (secondary N) is 1. The number of carboxylic acid groups (broad SMARTS) is 1. The second-order valence-corrected chi connectivity index (χ2v) is 9.05. The highest BCUT2D eigenvalue weighted by molar-refractivity contribution is 6.33. The minimum Gasteiger partial charge on any atom is -0.481 e. The third-order valence-electron chi connectivity index (χ3n) is 6.22. The Bertz CT molecular complexity index is 1320. The molecule has 35 heavy (non-hydrogen) atoms. The maximum atomic E-state index is 11.3. The largest absolute Gasteiger partial charge is 0.481 e. The Kier molecular flexibility index (Phi) is 6.63. The van der Waals surface area contributed by atoms with Crippen LogP contribution in [0.1, 0.15) is 24.5 Å². The van der Waals surface area contributed by atoms with Gasteiger partial charge < -0.3 is 14.7 Å². The van der Waals surface area contributed by atoms with E-state index in [-0.39, 0.29) is 5.92 Å². The first kappa shape index (κ1) is 23.2. The lowest BCUT2D eigenvalue weighted by Crippen LogP contribution is -2.40. The normalized spacial score (nSPS) is 17.4. The van der Waals surface area contributed by atoms with Crippen LogP contribution in [0.4, 0.5) is 0 Å². The predicted molar refractivity (Wildman–Crippen MR) is 130 cm³/mol. The van der Waals surface area contributed by atoms with Gasteiger partial charge in [-0.05, 0) is 37.1 Å². The maximum absolute atomic E-state index is 11.3. The van der Waals surface area contributed by atoms with E-state index in [4.69, 9.17) is 16.1 Å². The Balaban J connectivity index is 1.26. The molecule has 1 fully saturated rings. The minimum atomic E-state index is -0.775. The molecule has 180 valence electrons. The average Bonchev–Trinajstić information content (AvgIpc) is 3.55. The van der Waals surface area contributed by atoms with Crippen LogP contribution in [-0.4, -0.2) is 61.1 Å². The summed E-state index contributed by atoms with van der Waals surface area (Å²) >= 11 is 6.26. The van der Waals surface area contributed by atoms with E-state index in [1.807, 2.05) is 47.4 Å². The van der Waals surface area contributed by atoms with Crippen molar-refractivity contribution >= 4 is 17.6 Å². The number of likely N-dealkylation sites (tertiary alicyclic amines) is 1. The topological polar surface area (TPSA) is 128 Å². The first-order valence-corrected chi connectivity index (χ1v) is 11.7. The van der Waals surface area contributed by atoms with Crippen molar-refractivity contribution in [1.82, 2.24) is 25.2 Å². The van der Waals surface area contributed by atoms with Crippen LogP contribution in [-0.2, 0) is 4.79 Å². The Morgan fingerprint density at radius 2 is 2.03 bits per heavy atom. The van der Waals surface area contributed by atoms with Crippen molar-refractivity contribution < 1.29 is 19.5 Å². The van der Waals surface area contributed by atoms with Crippen molar-refractivity contribution in [2.24, 2.45) is 5.92 Å². The number of carboxylic acids is 1. The van der Waals surface area contributed by atoms with Gasteiger partial charge in [-0.15, -0.1) is 0 Å². The standard InChI is InChI=1S/C25H24ClN5O4/c26-19-6-2-1-5-18(19)20-12-21(29-28-20)24-27-23(30-35-24)16-9-7-15(8-10-16)22(32)14-31-11-3-4-17(13-31)25(33)34/h1-2,5-10,12,17,22,32H,3-4,11,13-14H2,(H,28,29)(H,33,34)/t17-,22?/m0/s1. The number of nitrogens with zero attached hydrogens (tertiary/aromatic N) is 4. The Labute approximate surface area is 206 Å². The summed E-state index contributed by atoms with van der Waals surface area (Å²) in [5, 5.41) is 31.8. The van der Waals surface area contributed by atoms with Crippen molar-refractivity contribution in [3.05, 3.63) is 65.2 Å². The molecule has 0 bridgehead atoms. The smallest absolute Gasteiger partial charge is 0.307 e. The summed E-state index contributed by atoms with van der Waals surface area (Å²) in [7, 11) is 0. The van der Waals surface area contributed by atoms with Crippen molar-refractivity contribution in [3.63, 3.8) is 0 Å². The number of β-amino-alcohol motifs (C(OH)–C–C–N with tert-alkyl or cyclic N) is 1. The lowest BCUT2D eigenvalue weighted by molar-refractivity contribution is -0.143. The molecule has 1 unspecified atom stereocenters. The molecule has 3 N–H and O–H groups in total. The SMILES string of the molecule is O=C(O)[C@H]1CCCN(CC(O)c2ccc(-c3noc(-c4cc(-c5ccccc5Cl)n[nH]4)n3)cc2)C1. The van der Waals surface area contributed by atoms with E-state index < -0.39 is 12.1 Å². The zero-order valence-corrected chi connectivity index (χ0v) is 19.5. The zero-order chi connectivity index (χ0) is 24.4. The molecule has 0 radical (unpaired) electrons. The van der Waals surface area contributed by atoms with E-state index in [9.17, 15) is 15.0 Å². The fourth-order valence-corrected chi connectivity index (χ4v) is 4.55. The quantitative estimate of drug-likeness (QED) is 0.348. The molecular weight excluding hydrogens is 470 g/mol. The Morgan fingerprint density at radius 3 is 2.80 bits per heavy atom. The zero-order valence-electron chi connectivity index (χ0n) is 18.8. The van der Waals surface area contributed by atoms with E-state index in [1.165, 1.54) is 0 Å². The summed E-state index contributed by atoms with van der Waals surface area (Å²) in [6.07, 6.45) is 0.785. The number of halogens is 1. The maximum Gasteiger partial charge on any atom is 0.307 e. The molecule has 2 aromatic heterocycles. The van der Waals surface area contributed by atoms with E-state index in [1.54, 1.807) is 12.1 Å². The molecule has 1 aliphatic heterocycles. The summed E-state index contributed by atoms with van der Waals surface area (Å²) in [5.74, 6) is -0.437. The average molecular weight is 494 g/mol. The fourth-order valence-electron chi connectivity index (χ4n) is 4.32. The van der Waals surface area contributed by atoms with Gasteiger partial charge in [0, 0.05) is 24.2 Å². The number of carbonyl (C=O) groups is 1. The summed E-state index contributed by atoms with van der Waals surface area (Å²) < 4.78 is 5.42. The number of aromatic amines is 1. The van der Waals surface area contributed by atoms with Crippen LogP contribution in [0, 0.1) is 5.92 Å². The molecule has 2 atom stereocenters. The summed E-state index contributed by atoms with van der Waals surface area (Å²) in [6, 6.07) is 16.5. The molecule has 0 aliphatic carbocycles. The number of benzene rings is 2. The first-order valence-electron chi connectivity index (χ1n) is 11.4. The second kappa shape index (κ2) is 9.99. The highest BCUT2D eigenvalue weighted by atomic mass is 35.5. The lowest BCUT2D eigenvalue weighted by atomic mass is 9.97. The number of hydrogen-bond acceptors (Lipinski definition) is 7. The van der Waals surface area contributed by atoms with Crippen molar-refractivity contribution in [1.29, 1.82) is 0 Å². The van der Waals surface area contributed by atoms with E-state index in [2.05, 4.69) is 20.3 Å². The number of hydrogen-bond donors (Lipinski definition) is 3. The van der Waals surface area contributed by atoms with Gasteiger partial charge in [0.2, 0.25) is 5.82 Å². The van der Waals surface area contributed by atoms with Crippen LogP contribution in [0.3, 0.4) is 0 Å². The number of aliphatic hydroxyl groups is 1. The van der Waals surface area contributed by atoms with E-state index in [0.717, 1.165) is 29.7 Å². The number of aliphatic hydroxyl groups excluding tert-OH is 1. The van der Waals surface area contributed by atoms with Crippen LogP contribution >= 0.6 is 11.6 Å². The predicted octanol–water partition coefficient (Wildman–Crippen LogP) is 4.28. The van der Waals surface area contributed by atoms with Crippen LogP contribution in [0.5, 0.6) is 0 Å². The molecule has 1 aliphatic rings.